The number of hydrazine groups is 1. The number of nitrogens with one attached hydrogen (secondary N) is 4. The minimum absolute atomic E-state index is 0.153. The first-order chi connectivity index (χ1) is 14.9. The van der Waals surface area contributed by atoms with Crippen molar-refractivity contribution in [1.29, 1.82) is 5.41 Å². The van der Waals surface area contributed by atoms with Crippen LogP contribution in [0.2, 0.25) is 0 Å². The zero-order valence-corrected chi connectivity index (χ0v) is 19.0. The standard InChI is InChI=1S/C27H34N4/c1-5-21-16-23(27(2,3)4)15-14-22(21)19-30-31-26-13-9-12-25(24(26)17-28)29-18-20-10-7-6-8-11-20/h6-17,28-31H,5,18-19H2,1-4H3. The van der Waals surface area contributed by atoms with E-state index < -0.39 is 0 Å². The topological polar surface area (TPSA) is 59.9 Å². The van der Waals surface area contributed by atoms with Gasteiger partial charge in [-0.3, -0.25) is 0 Å². The predicted octanol–water partition coefficient (Wildman–Crippen LogP) is 6.27. The van der Waals surface area contributed by atoms with E-state index in [1.165, 1.54) is 28.5 Å². The first kappa shape index (κ1) is 22.6. The van der Waals surface area contributed by atoms with Crippen molar-refractivity contribution in [2.45, 2.75) is 52.6 Å². The van der Waals surface area contributed by atoms with Crippen LogP contribution in [0.5, 0.6) is 0 Å². The fourth-order valence-corrected chi connectivity index (χ4v) is 3.61. The number of anilines is 2. The normalized spacial score (nSPS) is 11.2. The lowest BCUT2D eigenvalue weighted by Gasteiger charge is -2.21. The summed E-state index contributed by atoms with van der Waals surface area (Å²) in [6.45, 7) is 10.4. The van der Waals surface area contributed by atoms with Crippen molar-refractivity contribution in [3.05, 3.63) is 94.5 Å². The third-order valence-electron chi connectivity index (χ3n) is 5.53. The Kier molecular flexibility index (Phi) is 7.48. The van der Waals surface area contributed by atoms with E-state index in [9.17, 15) is 0 Å². The monoisotopic (exact) mass is 414 g/mol. The van der Waals surface area contributed by atoms with Crippen molar-refractivity contribution >= 4 is 17.6 Å². The molecule has 0 aromatic heterocycles. The molecule has 0 atom stereocenters. The summed E-state index contributed by atoms with van der Waals surface area (Å²) < 4.78 is 0. The zero-order chi connectivity index (χ0) is 22.3. The van der Waals surface area contributed by atoms with Crippen LogP contribution in [-0.4, -0.2) is 6.21 Å². The Hall–Kier alpha value is -3.11. The molecule has 0 amide bonds. The van der Waals surface area contributed by atoms with Crippen molar-refractivity contribution < 1.29 is 0 Å². The largest absolute Gasteiger partial charge is 0.380 e. The second-order valence-electron chi connectivity index (χ2n) is 8.82. The maximum atomic E-state index is 7.92. The molecule has 0 radical (unpaired) electrons. The van der Waals surface area contributed by atoms with Crippen LogP contribution in [0.25, 0.3) is 0 Å². The summed E-state index contributed by atoms with van der Waals surface area (Å²) in [6.07, 6.45) is 2.40. The molecule has 0 unspecified atom stereocenters. The van der Waals surface area contributed by atoms with Crippen LogP contribution in [0.3, 0.4) is 0 Å². The van der Waals surface area contributed by atoms with Gasteiger partial charge in [0, 0.05) is 30.6 Å². The number of hydrogen-bond donors (Lipinski definition) is 4. The molecule has 31 heavy (non-hydrogen) atoms. The van der Waals surface area contributed by atoms with Crippen LogP contribution in [0.1, 0.15) is 55.5 Å². The van der Waals surface area contributed by atoms with Crippen molar-refractivity contribution in [3.63, 3.8) is 0 Å². The van der Waals surface area contributed by atoms with E-state index in [4.69, 9.17) is 5.41 Å². The molecule has 4 nitrogen and oxygen atoms in total. The zero-order valence-electron chi connectivity index (χ0n) is 19.0. The molecule has 0 bridgehead atoms. The van der Waals surface area contributed by atoms with Gasteiger partial charge in [0.15, 0.2) is 0 Å². The SMILES string of the molecule is CCc1cc(C(C)(C)C)ccc1CNNc1cccc(NCc2ccccc2)c1C=N. The third-order valence-corrected chi connectivity index (χ3v) is 5.53. The van der Waals surface area contributed by atoms with Gasteiger partial charge in [-0.2, -0.15) is 0 Å². The highest BCUT2D eigenvalue weighted by Crippen LogP contribution is 2.26. The molecule has 3 aromatic rings. The van der Waals surface area contributed by atoms with Gasteiger partial charge in [0.2, 0.25) is 0 Å². The van der Waals surface area contributed by atoms with E-state index >= 15 is 0 Å². The van der Waals surface area contributed by atoms with Gasteiger partial charge < -0.3 is 16.2 Å². The Morgan fingerprint density at radius 2 is 1.58 bits per heavy atom. The van der Waals surface area contributed by atoms with Crippen LogP contribution < -0.4 is 16.2 Å². The molecule has 0 saturated carbocycles. The molecule has 162 valence electrons. The van der Waals surface area contributed by atoms with Crippen LogP contribution in [0.4, 0.5) is 11.4 Å². The fraction of sp³-hybridized carbons (Fsp3) is 0.296. The van der Waals surface area contributed by atoms with Gasteiger partial charge >= 0.3 is 0 Å². The minimum atomic E-state index is 0.153. The van der Waals surface area contributed by atoms with E-state index in [1.54, 1.807) is 0 Å². The van der Waals surface area contributed by atoms with Gasteiger partial charge in [-0.1, -0.05) is 82.3 Å². The van der Waals surface area contributed by atoms with Gasteiger partial charge in [-0.15, -0.1) is 0 Å². The van der Waals surface area contributed by atoms with Gasteiger partial charge in [0.05, 0.1) is 5.69 Å². The molecule has 0 aliphatic heterocycles. The minimum Gasteiger partial charge on any atom is -0.380 e. The second-order valence-corrected chi connectivity index (χ2v) is 8.82. The highest BCUT2D eigenvalue weighted by atomic mass is 15.4. The average Bonchev–Trinajstić information content (AvgIpc) is 2.77. The maximum absolute atomic E-state index is 7.92. The molecule has 4 heteroatoms. The molecule has 4 N–H and O–H groups in total. The first-order valence-electron chi connectivity index (χ1n) is 10.9. The summed E-state index contributed by atoms with van der Waals surface area (Å²) in [7, 11) is 0. The van der Waals surface area contributed by atoms with E-state index in [0.717, 1.165) is 29.9 Å². The quantitative estimate of drug-likeness (QED) is 0.246. The molecule has 0 heterocycles. The molecule has 0 spiro atoms. The van der Waals surface area contributed by atoms with Crippen LogP contribution in [0, 0.1) is 5.41 Å². The Morgan fingerprint density at radius 3 is 2.26 bits per heavy atom. The van der Waals surface area contributed by atoms with Crippen LogP contribution in [0.15, 0.2) is 66.7 Å². The lowest BCUT2D eigenvalue weighted by molar-refractivity contribution is 0.588. The Balaban J connectivity index is 1.67. The smallest absolute Gasteiger partial charge is 0.0596 e. The Bertz CT molecular complexity index is 1000. The van der Waals surface area contributed by atoms with E-state index in [2.05, 4.69) is 74.2 Å². The average molecular weight is 415 g/mol. The highest BCUT2D eigenvalue weighted by molar-refractivity contribution is 5.93. The highest BCUT2D eigenvalue weighted by Gasteiger charge is 2.15. The summed E-state index contributed by atoms with van der Waals surface area (Å²) in [5.74, 6) is 0. The van der Waals surface area contributed by atoms with Gasteiger partial charge in [-0.05, 0) is 46.2 Å². The van der Waals surface area contributed by atoms with Crippen LogP contribution >= 0.6 is 0 Å². The number of rotatable bonds is 9. The van der Waals surface area contributed by atoms with Gasteiger partial charge in [-0.25, -0.2) is 5.43 Å². The van der Waals surface area contributed by atoms with Gasteiger partial charge in [0.25, 0.3) is 0 Å². The Labute approximate surface area is 186 Å². The van der Waals surface area contributed by atoms with Crippen molar-refractivity contribution in [2.75, 3.05) is 10.7 Å². The lowest BCUT2D eigenvalue weighted by atomic mass is 9.85. The van der Waals surface area contributed by atoms with E-state index in [0.29, 0.717) is 6.54 Å². The molecule has 0 aliphatic rings. The number of hydrogen-bond acceptors (Lipinski definition) is 4. The second kappa shape index (κ2) is 10.3. The number of benzene rings is 3. The summed E-state index contributed by atoms with van der Waals surface area (Å²) in [4.78, 5) is 0. The van der Waals surface area contributed by atoms with Gasteiger partial charge in [0.1, 0.15) is 0 Å². The molecule has 0 saturated heterocycles. The molecular formula is C27H34N4. The van der Waals surface area contributed by atoms with E-state index in [-0.39, 0.29) is 5.41 Å². The fourth-order valence-electron chi connectivity index (χ4n) is 3.61. The lowest BCUT2D eigenvalue weighted by Crippen LogP contribution is -2.23. The maximum Gasteiger partial charge on any atom is 0.0596 e. The van der Waals surface area contributed by atoms with Crippen molar-refractivity contribution in [3.8, 4) is 0 Å². The summed E-state index contributed by atoms with van der Waals surface area (Å²) in [6, 6.07) is 23.1. The van der Waals surface area contributed by atoms with Crippen molar-refractivity contribution in [2.24, 2.45) is 0 Å². The predicted molar refractivity (Wildman–Crippen MR) is 133 cm³/mol. The first-order valence-corrected chi connectivity index (χ1v) is 10.9. The third kappa shape index (κ3) is 5.96. The molecule has 3 aromatic carbocycles. The Morgan fingerprint density at radius 1 is 0.839 bits per heavy atom. The summed E-state index contributed by atoms with van der Waals surface area (Å²) in [5, 5.41) is 11.4. The molecular weight excluding hydrogens is 380 g/mol. The number of aryl methyl sites for hydroxylation is 1. The van der Waals surface area contributed by atoms with Crippen molar-refractivity contribution in [1.82, 2.24) is 5.43 Å². The molecule has 0 aliphatic carbocycles. The summed E-state index contributed by atoms with van der Waals surface area (Å²) >= 11 is 0. The summed E-state index contributed by atoms with van der Waals surface area (Å²) in [5.41, 5.74) is 14.7. The molecule has 0 fully saturated rings. The molecule has 3 rings (SSSR count). The van der Waals surface area contributed by atoms with Crippen LogP contribution in [-0.2, 0) is 24.9 Å². The van der Waals surface area contributed by atoms with E-state index in [1.807, 2.05) is 36.4 Å².